The molecular weight excluding hydrogens is 1570 g/mol. The van der Waals surface area contributed by atoms with Gasteiger partial charge in [-0.2, -0.15) is 0 Å². The maximum absolute atomic E-state index is 14.9. The van der Waals surface area contributed by atoms with Gasteiger partial charge in [-0.15, -0.1) is 23.2 Å². The van der Waals surface area contributed by atoms with Crippen molar-refractivity contribution < 1.29 is 54.9 Å². The number of benzene rings is 6. The molecule has 9 aliphatic carbocycles. The first-order chi connectivity index (χ1) is 57.5. The highest BCUT2D eigenvalue weighted by atomic mass is 35.5. The summed E-state index contributed by atoms with van der Waals surface area (Å²) in [5, 5.41) is 4.08. The number of carbonyl (C=O) groups excluding carboxylic acids is 3. The van der Waals surface area contributed by atoms with Crippen LogP contribution < -0.4 is 45.9 Å². The number of fused-ring (bicyclic) bond motifs is 18. The SMILES string of the molecule is CCCCOc1c2n(ccc1=O)N(C13C(=Cc4cc(F)c(F)cc41)Cc1ccccc13)CN(CC1CC1)C2=O.CCCCOc1c2n(ccc1=O)N(C13C(=Cc4ccccc41)Cc1cc(F)c(F)cc13)CN(CC1CC1)C2=O.CCCCOc1c2n(ccc1=O)NCN(CC1CC1)C2=O.Fc1cc2c(cc1F)C1(Cl)c3ccccc3CC1(Cl)C2. The number of hydrogen-bond donors (Lipinski definition) is 1. The minimum Gasteiger partial charge on any atom is -0.487 e. The highest BCUT2D eigenvalue weighted by Gasteiger charge is 2.63. The smallest absolute Gasteiger partial charge is 0.277 e. The van der Waals surface area contributed by atoms with E-state index in [1.807, 2.05) is 96.7 Å². The predicted octanol–water partition coefficient (Wildman–Crippen LogP) is 15.9. The van der Waals surface area contributed by atoms with Gasteiger partial charge in [-0.3, -0.25) is 52.8 Å². The van der Waals surface area contributed by atoms with E-state index in [2.05, 4.69) is 24.5 Å². The van der Waals surface area contributed by atoms with Gasteiger partial charge in [0.15, 0.2) is 69.2 Å². The summed E-state index contributed by atoms with van der Waals surface area (Å²) in [6.45, 7) is 10.0. The van der Waals surface area contributed by atoms with Gasteiger partial charge < -0.3 is 34.3 Å². The highest BCUT2D eigenvalue weighted by Crippen LogP contribution is 2.64. The third-order valence-corrected chi connectivity index (χ3v) is 26.7. The lowest BCUT2D eigenvalue weighted by Gasteiger charge is -2.49. The molecule has 119 heavy (non-hydrogen) atoms. The Balaban J connectivity index is 0.000000114. The molecule has 3 saturated carbocycles. The first-order valence-corrected chi connectivity index (χ1v) is 42.1. The van der Waals surface area contributed by atoms with Crippen molar-refractivity contribution in [1.29, 1.82) is 0 Å². The van der Waals surface area contributed by atoms with Crippen LogP contribution in [0.15, 0.2) is 172 Å². The zero-order chi connectivity index (χ0) is 82.7. The van der Waals surface area contributed by atoms with Gasteiger partial charge in [0.05, 0.1) is 24.7 Å². The largest absolute Gasteiger partial charge is 0.487 e. The lowest BCUT2D eigenvalue weighted by atomic mass is 9.83. The Labute approximate surface area is 693 Å². The molecule has 0 bridgehead atoms. The molecule has 26 heteroatoms. The van der Waals surface area contributed by atoms with Gasteiger partial charge in [0.1, 0.15) is 36.0 Å². The Bertz CT molecular complexity index is 5810. The number of aromatic nitrogens is 3. The number of nitrogens with one attached hydrogen (secondary N) is 1. The summed E-state index contributed by atoms with van der Waals surface area (Å²) in [4.78, 5) is 82.3. The third kappa shape index (κ3) is 13.4. The van der Waals surface area contributed by atoms with E-state index in [1.165, 1.54) is 67.4 Å². The van der Waals surface area contributed by atoms with Crippen LogP contribution in [-0.4, -0.2) is 111 Å². The molecule has 0 saturated heterocycles. The van der Waals surface area contributed by atoms with Crippen LogP contribution in [0.25, 0.3) is 12.2 Å². The van der Waals surface area contributed by atoms with Gasteiger partial charge >= 0.3 is 0 Å². The average molecular weight is 1660 g/mol. The molecule has 18 nitrogen and oxygen atoms in total. The molecule has 3 aliphatic heterocycles. The second-order valence-corrected chi connectivity index (χ2v) is 34.5. The predicted molar refractivity (Wildman–Crippen MR) is 441 cm³/mol. The van der Waals surface area contributed by atoms with Crippen LogP contribution >= 0.6 is 23.2 Å². The van der Waals surface area contributed by atoms with Gasteiger partial charge in [0.25, 0.3) is 17.7 Å². The summed E-state index contributed by atoms with van der Waals surface area (Å²) in [5.41, 5.74) is 12.7. The van der Waals surface area contributed by atoms with E-state index >= 15 is 0 Å². The number of alkyl halides is 2. The Morgan fingerprint density at radius 2 is 0.840 bits per heavy atom. The molecule has 3 amide bonds. The lowest BCUT2D eigenvalue weighted by Crippen LogP contribution is -2.62. The standard InChI is InChI=1S/2C31H29F2N3O3.C16H10Cl2F2.C15H21N3O3/c2*1-2-3-12-39-29-27(37)10-11-35-28(29)30(38)34(17-19-8-9-19)18-36(35)31-22(13-20-6-4-5-7-23(20)31)14-21-15-25(32)26(33)16-24(21)31;17-15-7-9-3-1-2-4-11(9)16(15,18)12-6-14(20)13(19)5-10(12)8-15;1-2-3-8-21-14-12(19)6-7-18-13(14)15(20)17(10-16-18)9-11-4-5-11/h4-7,10-11,14-16,19H,2-3,8-9,12-13,17-18H2,1H3;4-7,10-11,13,15-16,19H,2-3,8-9,12,14,17-18H2,1H3;1-6H,7-8H2;6-7,11,16H,2-5,8-10H2,1H3. The monoisotopic (exact) mass is 1660 g/mol. The molecule has 1 N–H and O–H groups in total. The molecule has 0 radical (unpaired) electrons. The second kappa shape index (κ2) is 31.0. The van der Waals surface area contributed by atoms with Gasteiger partial charge in [-0.25, -0.2) is 26.3 Å². The number of unbranched alkanes of at least 4 members (excludes halogenated alkanes) is 3. The molecule has 4 atom stereocenters. The maximum atomic E-state index is 14.9. The minimum atomic E-state index is -0.979. The van der Waals surface area contributed by atoms with Crippen LogP contribution in [0.3, 0.4) is 0 Å². The third-order valence-electron chi connectivity index (χ3n) is 25.3. The number of rotatable bonds is 20. The van der Waals surface area contributed by atoms with Gasteiger partial charge in [0, 0.05) is 56.4 Å². The molecule has 6 aromatic carbocycles. The summed E-state index contributed by atoms with van der Waals surface area (Å²) in [5.74, 6) is -4.27. The summed E-state index contributed by atoms with van der Waals surface area (Å²) in [7, 11) is 0. The van der Waals surface area contributed by atoms with E-state index in [0.717, 1.165) is 115 Å². The number of ether oxygens (including phenoxy) is 3. The fraction of sp³-hybridized carbons (Fsp3) is 0.376. The Morgan fingerprint density at radius 3 is 1.39 bits per heavy atom. The first-order valence-electron chi connectivity index (χ1n) is 41.4. The fourth-order valence-corrected chi connectivity index (χ4v) is 20.0. The maximum Gasteiger partial charge on any atom is 0.277 e. The van der Waals surface area contributed by atoms with Crippen LogP contribution in [-0.2, 0) is 41.6 Å². The number of carbonyl (C=O) groups is 3. The Kier molecular flexibility index (Phi) is 20.6. The molecule has 6 heterocycles. The highest BCUT2D eigenvalue weighted by molar-refractivity contribution is 6.38. The summed E-state index contributed by atoms with van der Waals surface area (Å²) in [6.07, 6.45) is 22.7. The first kappa shape index (κ1) is 79.2. The Hall–Kier alpha value is -11.0. The van der Waals surface area contributed by atoms with E-state index in [-0.39, 0.29) is 76.0 Å². The normalized spacial score (nSPS) is 21.8. The van der Waals surface area contributed by atoms with Crippen LogP contribution in [0.5, 0.6) is 17.2 Å². The molecule has 0 spiro atoms. The molecule has 616 valence electrons. The minimum absolute atomic E-state index is 0.0400. The van der Waals surface area contributed by atoms with Crippen molar-refractivity contribution in [2.24, 2.45) is 17.8 Å². The topological polar surface area (TPSA) is 173 Å². The number of pyridine rings is 3. The van der Waals surface area contributed by atoms with Crippen molar-refractivity contribution in [3.63, 3.8) is 0 Å². The molecule has 3 fully saturated rings. The van der Waals surface area contributed by atoms with Crippen LogP contribution in [0.2, 0.25) is 0 Å². The number of amides is 3. The van der Waals surface area contributed by atoms with Gasteiger partial charge in [-0.05, 0) is 216 Å². The zero-order valence-electron chi connectivity index (χ0n) is 66.2. The molecule has 21 rings (SSSR count). The van der Waals surface area contributed by atoms with Crippen LogP contribution in [0.1, 0.15) is 196 Å². The molecule has 4 unspecified atom stereocenters. The van der Waals surface area contributed by atoms with Crippen molar-refractivity contribution >= 4 is 53.1 Å². The van der Waals surface area contributed by atoms with E-state index in [9.17, 15) is 55.1 Å². The van der Waals surface area contributed by atoms with Crippen molar-refractivity contribution in [1.82, 2.24) is 28.7 Å². The number of halogens is 8. The fourth-order valence-electron chi connectivity index (χ4n) is 19.0. The molecule has 9 aromatic rings. The second-order valence-electron chi connectivity index (χ2n) is 33.2. The van der Waals surface area contributed by atoms with Crippen LogP contribution in [0, 0.1) is 52.7 Å². The van der Waals surface area contributed by atoms with Crippen molar-refractivity contribution in [2.75, 3.05) is 74.9 Å². The average Bonchev–Trinajstić information content (AvgIpc) is 1.54. The van der Waals surface area contributed by atoms with Crippen LogP contribution in [0.4, 0.5) is 26.3 Å². The van der Waals surface area contributed by atoms with E-state index in [1.54, 1.807) is 47.3 Å². The number of hydrogen-bond acceptors (Lipinski definition) is 12. The lowest BCUT2D eigenvalue weighted by molar-refractivity contribution is 0.0648. The van der Waals surface area contributed by atoms with E-state index < -0.39 is 55.7 Å². The summed E-state index contributed by atoms with van der Waals surface area (Å²) < 4.78 is 108. The summed E-state index contributed by atoms with van der Waals surface area (Å²) >= 11 is 13.6. The molecule has 12 aliphatic rings. The summed E-state index contributed by atoms with van der Waals surface area (Å²) in [6, 6.07) is 35.5. The quantitative estimate of drug-likeness (QED) is 0.0435. The van der Waals surface area contributed by atoms with Crippen molar-refractivity contribution in [3.8, 4) is 17.2 Å². The van der Waals surface area contributed by atoms with Crippen molar-refractivity contribution in [2.45, 2.75) is 144 Å². The van der Waals surface area contributed by atoms with E-state index in [0.29, 0.717) is 122 Å². The van der Waals surface area contributed by atoms with Gasteiger partial charge in [-0.1, -0.05) is 125 Å². The molecule has 3 aromatic heterocycles. The Morgan fingerprint density at radius 1 is 0.420 bits per heavy atom. The van der Waals surface area contributed by atoms with Crippen molar-refractivity contribution in [3.05, 3.63) is 307 Å². The number of nitrogens with zero attached hydrogens (tertiary/aromatic N) is 8. The zero-order valence-corrected chi connectivity index (χ0v) is 67.7. The molecular formula is C93H89Cl2F6N9O9. The van der Waals surface area contributed by atoms with Gasteiger partial charge in [0.2, 0.25) is 16.3 Å². The van der Waals surface area contributed by atoms with E-state index in [4.69, 9.17) is 37.4 Å².